The van der Waals surface area contributed by atoms with E-state index in [1.165, 1.54) is 0 Å². The van der Waals surface area contributed by atoms with Gasteiger partial charge in [0.2, 0.25) is 5.91 Å². The first-order valence-corrected chi connectivity index (χ1v) is 6.09. The number of nitrogens with one attached hydrogen (secondary N) is 1. The molecule has 4 nitrogen and oxygen atoms in total. The van der Waals surface area contributed by atoms with E-state index in [4.69, 9.17) is 0 Å². The molecule has 18 heavy (non-hydrogen) atoms. The third kappa shape index (κ3) is 1.79. The molecule has 1 fully saturated rings. The van der Waals surface area contributed by atoms with E-state index in [0.717, 1.165) is 24.1 Å². The van der Waals surface area contributed by atoms with Crippen LogP contribution in [0.2, 0.25) is 0 Å². The van der Waals surface area contributed by atoms with Gasteiger partial charge in [0, 0.05) is 41.6 Å². The first-order valence-electron chi connectivity index (χ1n) is 6.09. The molecule has 92 valence electrons. The van der Waals surface area contributed by atoms with E-state index >= 15 is 0 Å². The number of allylic oxidation sites excluding steroid dienone is 3. The lowest BCUT2D eigenvalue weighted by Crippen LogP contribution is -2.35. The van der Waals surface area contributed by atoms with Crippen molar-refractivity contribution in [2.45, 2.75) is 19.3 Å². The SMILES string of the molecule is O=C1CCC2CC=C(O)C(c3cccnc3)=C2N1. The number of fused-ring (bicyclic) bond motifs is 1. The number of hydrogen-bond donors (Lipinski definition) is 2. The molecule has 3 rings (SSSR count). The smallest absolute Gasteiger partial charge is 0.224 e. The number of aliphatic hydroxyl groups is 1. The quantitative estimate of drug-likeness (QED) is 0.793. The first-order chi connectivity index (χ1) is 8.75. The number of nitrogens with zero attached hydrogens (tertiary/aromatic N) is 1. The van der Waals surface area contributed by atoms with Gasteiger partial charge in [-0.25, -0.2) is 0 Å². The van der Waals surface area contributed by atoms with Crippen LogP contribution in [-0.4, -0.2) is 16.0 Å². The van der Waals surface area contributed by atoms with E-state index in [9.17, 15) is 9.90 Å². The fourth-order valence-electron chi connectivity index (χ4n) is 2.57. The summed E-state index contributed by atoms with van der Waals surface area (Å²) in [6, 6.07) is 3.72. The highest BCUT2D eigenvalue weighted by molar-refractivity contribution is 5.87. The predicted octanol–water partition coefficient (Wildman–Crippen LogP) is 2.16. The molecule has 1 aromatic rings. The Hall–Kier alpha value is -2.10. The molecular formula is C14H14N2O2. The minimum absolute atomic E-state index is 0.0253. The molecule has 0 saturated carbocycles. The molecule has 0 spiro atoms. The van der Waals surface area contributed by atoms with Crippen LogP contribution in [0, 0.1) is 5.92 Å². The molecule has 2 heterocycles. The van der Waals surface area contributed by atoms with Gasteiger partial charge in [-0.3, -0.25) is 9.78 Å². The molecule has 1 atom stereocenters. The summed E-state index contributed by atoms with van der Waals surface area (Å²) < 4.78 is 0. The van der Waals surface area contributed by atoms with Gasteiger partial charge in [-0.1, -0.05) is 6.07 Å². The van der Waals surface area contributed by atoms with Crippen LogP contribution < -0.4 is 5.32 Å². The topological polar surface area (TPSA) is 62.2 Å². The Labute approximate surface area is 105 Å². The van der Waals surface area contributed by atoms with Crippen molar-refractivity contribution < 1.29 is 9.90 Å². The van der Waals surface area contributed by atoms with Crippen LogP contribution in [0.4, 0.5) is 0 Å². The highest BCUT2D eigenvalue weighted by atomic mass is 16.3. The average molecular weight is 242 g/mol. The summed E-state index contributed by atoms with van der Waals surface area (Å²) in [5, 5.41) is 13.0. The lowest BCUT2D eigenvalue weighted by atomic mass is 9.83. The molecule has 1 aliphatic carbocycles. The number of aliphatic hydroxyl groups excluding tert-OH is 1. The van der Waals surface area contributed by atoms with Crippen LogP contribution in [0.1, 0.15) is 24.8 Å². The summed E-state index contributed by atoms with van der Waals surface area (Å²) in [5.41, 5.74) is 2.40. The molecule has 1 saturated heterocycles. The molecule has 0 aromatic carbocycles. The molecule has 0 radical (unpaired) electrons. The number of piperidine rings is 1. The number of carbonyl (C=O) groups excluding carboxylic acids is 1. The van der Waals surface area contributed by atoms with Crippen LogP contribution in [0.25, 0.3) is 5.57 Å². The average Bonchev–Trinajstić information content (AvgIpc) is 2.39. The van der Waals surface area contributed by atoms with Crippen molar-refractivity contribution in [3.8, 4) is 0 Å². The van der Waals surface area contributed by atoms with Gasteiger partial charge < -0.3 is 10.4 Å². The van der Waals surface area contributed by atoms with Crippen LogP contribution in [-0.2, 0) is 4.79 Å². The van der Waals surface area contributed by atoms with E-state index in [1.807, 2.05) is 18.2 Å². The molecule has 4 heteroatoms. The molecule has 2 aliphatic rings. The van der Waals surface area contributed by atoms with Gasteiger partial charge >= 0.3 is 0 Å². The van der Waals surface area contributed by atoms with Crippen molar-refractivity contribution in [2.24, 2.45) is 5.92 Å². The normalized spacial score (nSPS) is 23.2. The predicted molar refractivity (Wildman–Crippen MR) is 67.4 cm³/mol. The molecule has 1 unspecified atom stereocenters. The van der Waals surface area contributed by atoms with Gasteiger partial charge in [0.15, 0.2) is 0 Å². The number of rotatable bonds is 1. The Kier molecular flexibility index (Phi) is 2.63. The van der Waals surface area contributed by atoms with E-state index in [2.05, 4.69) is 10.3 Å². The minimum atomic E-state index is 0.0253. The van der Waals surface area contributed by atoms with Crippen LogP contribution in [0.3, 0.4) is 0 Å². The third-order valence-electron chi connectivity index (χ3n) is 3.47. The Balaban J connectivity index is 2.12. The van der Waals surface area contributed by atoms with E-state index in [0.29, 0.717) is 17.9 Å². The van der Waals surface area contributed by atoms with Crippen molar-refractivity contribution in [3.63, 3.8) is 0 Å². The second-order valence-electron chi connectivity index (χ2n) is 4.64. The summed E-state index contributed by atoms with van der Waals surface area (Å²) in [5.74, 6) is 0.558. The van der Waals surface area contributed by atoms with E-state index in [1.54, 1.807) is 12.4 Å². The van der Waals surface area contributed by atoms with Crippen molar-refractivity contribution >= 4 is 11.5 Å². The van der Waals surface area contributed by atoms with Gasteiger partial charge in [-0.05, 0) is 25.0 Å². The van der Waals surface area contributed by atoms with E-state index < -0.39 is 0 Å². The molecule has 1 amide bonds. The fourth-order valence-corrected chi connectivity index (χ4v) is 2.57. The minimum Gasteiger partial charge on any atom is -0.508 e. The number of carbonyl (C=O) groups is 1. The molecule has 1 aliphatic heterocycles. The van der Waals surface area contributed by atoms with Crippen molar-refractivity contribution in [2.75, 3.05) is 0 Å². The first kappa shape index (κ1) is 11.0. The highest BCUT2D eigenvalue weighted by Gasteiger charge is 2.30. The van der Waals surface area contributed by atoms with Crippen LogP contribution in [0.15, 0.2) is 42.1 Å². The Morgan fingerprint density at radius 1 is 1.44 bits per heavy atom. The summed E-state index contributed by atoms with van der Waals surface area (Å²) >= 11 is 0. The van der Waals surface area contributed by atoms with Gasteiger partial charge in [0.25, 0.3) is 0 Å². The number of amides is 1. The Morgan fingerprint density at radius 3 is 3.11 bits per heavy atom. The van der Waals surface area contributed by atoms with Crippen molar-refractivity contribution in [1.29, 1.82) is 0 Å². The maximum atomic E-state index is 11.5. The molecule has 0 bridgehead atoms. The van der Waals surface area contributed by atoms with Gasteiger partial charge in [0.05, 0.1) is 0 Å². The monoisotopic (exact) mass is 242 g/mol. The molecule has 1 aromatic heterocycles. The second-order valence-corrected chi connectivity index (χ2v) is 4.64. The van der Waals surface area contributed by atoms with Crippen molar-refractivity contribution in [1.82, 2.24) is 10.3 Å². The third-order valence-corrected chi connectivity index (χ3v) is 3.47. The number of hydrogen-bond acceptors (Lipinski definition) is 3. The molecule has 2 N–H and O–H groups in total. The number of aromatic nitrogens is 1. The lowest BCUT2D eigenvalue weighted by molar-refractivity contribution is -0.121. The maximum Gasteiger partial charge on any atom is 0.224 e. The largest absolute Gasteiger partial charge is 0.508 e. The zero-order valence-electron chi connectivity index (χ0n) is 9.89. The fraction of sp³-hybridized carbons (Fsp3) is 0.286. The van der Waals surface area contributed by atoms with Crippen LogP contribution in [0.5, 0.6) is 0 Å². The second kappa shape index (κ2) is 4.29. The standard InChI is InChI=1S/C14H14N2O2/c17-11-5-3-9-4-6-12(18)16-14(9)13(11)10-2-1-7-15-8-10/h1-2,5,7-9,17H,3-4,6H2,(H,16,18). The van der Waals surface area contributed by atoms with Gasteiger partial charge in [-0.2, -0.15) is 0 Å². The zero-order chi connectivity index (χ0) is 12.5. The summed E-state index contributed by atoms with van der Waals surface area (Å²) in [6.07, 6.45) is 7.40. The molecular weight excluding hydrogens is 228 g/mol. The summed E-state index contributed by atoms with van der Waals surface area (Å²) in [6.45, 7) is 0. The maximum absolute atomic E-state index is 11.5. The summed E-state index contributed by atoms with van der Waals surface area (Å²) in [4.78, 5) is 15.6. The van der Waals surface area contributed by atoms with Crippen LogP contribution >= 0.6 is 0 Å². The zero-order valence-corrected chi connectivity index (χ0v) is 9.89. The number of pyridine rings is 1. The van der Waals surface area contributed by atoms with Gasteiger partial charge in [-0.15, -0.1) is 0 Å². The van der Waals surface area contributed by atoms with E-state index in [-0.39, 0.29) is 11.7 Å². The lowest BCUT2D eigenvalue weighted by Gasteiger charge is -2.30. The summed E-state index contributed by atoms with van der Waals surface area (Å²) in [7, 11) is 0. The Bertz CT molecular complexity index is 546. The highest BCUT2D eigenvalue weighted by Crippen LogP contribution is 2.37. The Morgan fingerprint density at radius 2 is 2.33 bits per heavy atom. The van der Waals surface area contributed by atoms with Gasteiger partial charge in [0.1, 0.15) is 5.76 Å². The van der Waals surface area contributed by atoms with Crippen molar-refractivity contribution in [3.05, 3.63) is 47.6 Å².